The summed E-state index contributed by atoms with van der Waals surface area (Å²) in [4.78, 5) is 17.9. The van der Waals surface area contributed by atoms with Crippen molar-refractivity contribution in [2.45, 2.75) is 13.3 Å². The Kier molecular flexibility index (Phi) is 6.33. The third kappa shape index (κ3) is 4.89. The number of carbonyl (C=O) groups excluding carboxylic acids is 1. The van der Waals surface area contributed by atoms with Gasteiger partial charge in [-0.05, 0) is 55.3 Å². The van der Waals surface area contributed by atoms with Crippen LogP contribution in [0.3, 0.4) is 0 Å². The van der Waals surface area contributed by atoms with Crippen LogP contribution in [-0.4, -0.2) is 29.4 Å². The van der Waals surface area contributed by atoms with E-state index in [-0.39, 0.29) is 5.91 Å². The van der Waals surface area contributed by atoms with Gasteiger partial charge in [-0.1, -0.05) is 18.2 Å². The summed E-state index contributed by atoms with van der Waals surface area (Å²) in [6.45, 7) is 3.07. The Morgan fingerprint density at radius 3 is 2.81 bits per heavy atom. The Morgan fingerprint density at radius 2 is 2.08 bits per heavy atom. The van der Waals surface area contributed by atoms with Crippen LogP contribution in [0.15, 0.2) is 76.9 Å². The summed E-state index contributed by atoms with van der Waals surface area (Å²) in [6, 6.07) is 11.5. The summed E-state index contributed by atoms with van der Waals surface area (Å²) in [5.74, 6) is 0.878. The molecule has 0 bridgehead atoms. The van der Waals surface area contributed by atoms with Gasteiger partial charge in [-0.2, -0.15) is 0 Å². The van der Waals surface area contributed by atoms with E-state index in [0.717, 1.165) is 17.9 Å². The first kappa shape index (κ1) is 18.1. The first-order valence-electron chi connectivity index (χ1n) is 8.56. The molecular formula is C20H22N4OS. The molecule has 2 aromatic rings. The second-order valence-corrected chi connectivity index (χ2v) is 6.69. The number of benzene rings is 1. The van der Waals surface area contributed by atoms with Crippen LogP contribution in [-0.2, 0) is 0 Å². The van der Waals surface area contributed by atoms with Gasteiger partial charge in [0.2, 0.25) is 0 Å². The summed E-state index contributed by atoms with van der Waals surface area (Å²) in [7, 11) is 0. The van der Waals surface area contributed by atoms with Gasteiger partial charge < -0.3 is 14.6 Å². The van der Waals surface area contributed by atoms with E-state index < -0.39 is 0 Å². The minimum absolute atomic E-state index is 0.0771. The largest absolute Gasteiger partial charge is 0.350 e. The normalized spacial score (nSPS) is 17.1. The lowest BCUT2D eigenvalue weighted by Gasteiger charge is -2.06. The Bertz CT molecular complexity index is 820. The number of hydrogen-bond acceptors (Lipinski definition) is 3. The highest BCUT2D eigenvalue weighted by atomic mass is 32.2. The van der Waals surface area contributed by atoms with Crippen molar-refractivity contribution in [3.63, 3.8) is 0 Å². The molecule has 1 aromatic carbocycles. The van der Waals surface area contributed by atoms with E-state index in [2.05, 4.69) is 21.1 Å². The van der Waals surface area contributed by atoms with E-state index in [9.17, 15) is 4.79 Å². The molecular weight excluding hydrogens is 344 g/mol. The lowest BCUT2D eigenvalue weighted by Crippen LogP contribution is -2.26. The smallest absolute Gasteiger partial charge is 0.251 e. The molecule has 1 fully saturated rings. The number of amides is 1. The molecule has 0 radical (unpaired) electrons. The van der Waals surface area contributed by atoms with Gasteiger partial charge in [0.05, 0.1) is 6.54 Å². The molecule has 0 unspecified atom stereocenters. The van der Waals surface area contributed by atoms with E-state index in [1.165, 1.54) is 4.91 Å². The molecule has 5 nitrogen and oxygen atoms in total. The molecule has 6 heteroatoms. The minimum atomic E-state index is -0.0771. The molecule has 1 aromatic heterocycles. The van der Waals surface area contributed by atoms with E-state index >= 15 is 0 Å². The van der Waals surface area contributed by atoms with Crippen molar-refractivity contribution in [3.05, 3.63) is 77.5 Å². The molecule has 3 rings (SSSR count). The number of aliphatic imine (C=N–C) groups is 1. The van der Waals surface area contributed by atoms with Crippen LogP contribution in [0.5, 0.6) is 0 Å². The lowest BCUT2D eigenvalue weighted by atomic mass is 10.2. The number of rotatable bonds is 6. The Hall–Kier alpha value is -2.73. The third-order valence-electron chi connectivity index (χ3n) is 3.85. The highest BCUT2D eigenvalue weighted by molar-refractivity contribution is 8.02. The Morgan fingerprint density at radius 1 is 1.31 bits per heavy atom. The van der Waals surface area contributed by atoms with Crippen LogP contribution in [0, 0.1) is 0 Å². The monoisotopic (exact) mass is 366 g/mol. The average Bonchev–Trinajstić information content (AvgIpc) is 3.35. The fraction of sp³-hybridized carbons (Fsp3) is 0.200. The summed E-state index contributed by atoms with van der Waals surface area (Å²) in [5.41, 5.74) is 1.68. The van der Waals surface area contributed by atoms with Crippen LogP contribution >= 0.6 is 11.9 Å². The Labute approximate surface area is 158 Å². The zero-order valence-corrected chi connectivity index (χ0v) is 15.5. The van der Waals surface area contributed by atoms with Gasteiger partial charge in [-0.25, -0.2) is 0 Å². The molecule has 0 aliphatic carbocycles. The van der Waals surface area contributed by atoms with Gasteiger partial charge >= 0.3 is 0 Å². The van der Waals surface area contributed by atoms with Gasteiger partial charge in [-0.15, -0.1) is 0 Å². The maximum Gasteiger partial charge on any atom is 0.251 e. The van der Waals surface area contributed by atoms with Gasteiger partial charge in [0.25, 0.3) is 5.91 Å². The number of amidine groups is 1. The first-order chi connectivity index (χ1) is 12.8. The number of allylic oxidation sites excluding steroid dienone is 3. The standard InChI is InChI=1S/C20H22N4OS/c1-2-3-6-18-15-19(23-26-18)21-11-12-22-20(25)16-7-9-17(10-8-16)24-13-4-5-14-24/h2-10,13-14H,11-12,15H2,1H3,(H,21,23)(H,22,25)/b3-2-,18-6+. The summed E-state index contributed by atoms with van der Waals surface area (Å²) in [5, 5.41) is 2.91. The summed E-state index contributed by atoms with van der Waals surface area (Å²) in [6.07, 6.45) is 10.9. The highest BCUT2D eigenvalue weighted by Gasteiger charge is 2.13. The summed E-state index contributed by atoms with van der Waals surface area (Å²) >= 11 is 1.59. The average molecular weight is 366 g/mol. The Balaban J connectivity index is 1.45. The second kappa shape index (κ2) is 9.10. The minimum Gasteiger partial charge on any atom is -0.350 e. The molecule has 1 aliphatic heterocycles. The van der Waals surface area contributed by atoms with Crippen LogP contribution in [0.1, 0.15) is 23.7 Å². The van der Waals surface area contributed by atoms with Crippen molar-refractivity contribution in [3.8, 4) is 5.69 Å². The maximum absolute atomic E-state index is 12.2. The molecule has 0 spiro atoms. The van der Waals surface area contributed by atoms with Crippen molar-refractivity contribution in [1.29, 1.82) is 0 Å². The zero-order chi connectivity index (χ0) is 18.2. The first-order valence-corrected chi connectivity index (χ1v) is 9.37. The van der Waals surface area contributed by atoms with Crippen LogP contribution in [0.4, 0.5) is 0 Å². The quantitative estimate of drug-likeness (QED) is 0.605. The highest BCUT2D eigenvalue weighted by Crippen LogP contribution is 2.23. The van der Waals surface area contributed by atoms with Crippen molar-refractivity contribution < 1.29 is 4.79 Å². The predicted octanol–water partition coefficient (Wildman–Crippen LogP) is 3.71. The topological polar surface area (TPSA) is 58.4 Å². The number of nitrogens with zero attached hydrogens (tertiary/aromatic N) is 2. The zero-order valence-electron chi connectivity index (χ0n) is 14.7. The number of carbonyl (C=O) groups is 1. The maximum atomic E-state index is 12.2. The fourth-order valence-corrected chi connectivity index (χ4v) is 3.24. The third-order valence-corrected chi connectivity index (χ3v) is 4.73. The van der Waals surface area contributed by atoms with Crippen LogP contribution < -0.4 is 10.0 Å². The fourth-order valence-electron chi connectivity index (χ4n) is 2.50. The lowest BCUT2D eigenvalue weighted by molar-refractivity contribution is 0.0955. The molecule has 2 N–H and O–H groups in total. The van der Waals surface area contributed by atoms with Crippen molar-refractivity contribution in [2.24, 2.45) is 4.99 Å². The number of aromatic nitrogens is 1. The van der Waals surface area contributed by atoms with Crippen LogP contribution in [0.2, 0.25) is 0 Å². The molecule has 0 saturated carbocycles. The molecule has 1 amide bonds. The molecule has 134 valence electrons. The van der Waals surface area contributed by atoms with Gasteiger partial charge in [-0.3, -0.25) is 9.79 Å². The van der Waals surface area contributed by atoms with Crippen molar-refractivity contribution in [2.75, 3.05) is 13.1 Å². The molecule has 1 aliphatic rings. The van der Waals surface area contributed by atoms with E-state index in [0.29, 0.717) is 18.7 Å². The second-order valence-electron chi connectivity index (χ2n) is 5.76. The molecule has 0 atom stereocenters. The summed E-state index contributed by atoms with van der Waals surface area (Å²) < 4.78 is 5.21. The molecule has 1 saturated heterocycles. The van der Waals surface area contributed by atoms with E-state index in [1.807, 2.05) is 72.4 Å². The van der Waals surface area contributed by atoms with Crippen LogP contribution in [0.25, 0.3) is 5.69 Å². The van der Waals surface area contributed by atoms with E-state index in [4.69, 9.17) is 0 Å². The van der Waals surface area contributed by atoms with Gasteiger partial charge in [0, 0.05) is 41.5 Å². The van der Waals surface area contributed by atoms with Gasteiger partial charge in [0.15, 0.2) is 0 Å². The predicted molar refractivity (Wildman–Crippen MR) is 109 cm³/mol. The van der Waals surface area contributed by atoms with E-state index in [1.54, 1.807) is 11.9 Å². The number of hydrogen-bond donors (Lipinski definition) is 2. The van der Waals surface area contributed by atoms with Gasteiger partial charge in [0.1, 0.15) is 5.84 Å². The molecule has 26 heavy (non-hydrogen) atoms. The molecule has 2 heterocycles. The number of nitrogens with one attached hydrogen (secondary N) is 2. The SMILES string of the molecule is C/C=C\C=C1/CC(=NCCNC(=O)c2ccc(-n3cccc3)cc2)NS1. The van der Waals surface area contributed by atoms with Crippen molar-refractivity contribution >= 4 is 23.7 Å². The van der Waals surface area contributed by atoms with Crippen molar-refractivity contribution in [1.82, 2.24) is 14.6 Å².